The van der Waals surface area contributed by atoms with Crippen molar-refractivity contribution in [3.05, 3.63) is 21.6 Å². The highest BCUT2D eigenvalue weighted by atomic mass is 35.5. The van der Waals surface area contributed by atoms with Crippen molar-refractivity contribution in [2.45, 2.75) is 25.3 Å². The van der Waals surface area contributed by atoms with Crippen LogP contribution in [-0.2, 0) is 0 Å². The van der Waals surface area contributed by atoms with Gasteiger partial charge in [-0.25, -0.2) is 9.97 Å². The molecule has 20 heavy (non-hydrogen) atoms. The lowest BCUT2D eigenvalue weighted by molar-refractivity contribution is -0.384. The summed E-state index contributed by atoms with van der Waals surface area (Å²) in [7, 11) is 0. The molecule has 0 N–H and O–H groups in total. The Morgan fingerprint density at radius 1 is 1.30 bits per heavy atom. The normalized spacial score (nSPS) is 23.4. The summed E-state index contributed by atoms with van der Waals surface area (Å²) in [5, 5.41) is 11.0. The molecule has 0 amide bonds. The maximum Gasteiger partial charge on any atom is 0.348 e. The van der Waals surface area contributed by atoms with E-state index in [9.17, 15) is 10.1 Å². The number of nitro groups is 1. The number of nitrogens with zero attached hydrogens (tertiary/aromatic N) is 5. The maximum absolute atomic E-state index is 11.1. The number of hydrogen-bond acceptors (Lipinski definition) is 6. The van der Waals surface area contributed by atoms with Crippen LogP contribution in [0.2, 0.25) is 5.15 Å². The van der Waals surface area contributed by atoms with Crippen molar-refractivity contribution in [2.24, 2.45) is 0 Å². The fourth-order valence-corrected chi connectivity index (χ4v) is 3.27. The molecular formula is C12H16ClN5O2. The van der Waals surface area contributed by atoms with E-state index in [0.717, 1.165) is 32.6 Å². The molecule has 2 saturated heterocycles. The van der Waals surface area contributed by atoms with Gasteiger partial charge in [0.2, 0.25) is 11.0 Å². The maximum atomic E-state index is 11.1. The Labute approximate surface area is 121 Å². The molecule has 0 bridgehead atoms. The predicted octanol–water partition coefficient (Wildman–Crippen LogP) is 1.71. The molecule has 0 spiro atoms. The van der Waals surface area contributed by atoms with Gasteiger partial charge in [0.1, 0.15) is 6.33 Å². The van der Waals surface area contributed by atoms with E-state index in [1.54, 1.807) is 0 Å². The summed E-state index contributed by atoms with van der Waals surface area (Å²) in [5.41, 5.74) is -0.184. The molecule has 108 valence electrons. The van der Waals surface area contributed by atoms with E-state index in [-0.39, 0.29) is 10.8 Å². The molecule has 2 aliphatic heterocycles. The van der Waals surface area contributed by atoms with Gasteiger partial charge in [-0.1, -0.05) is 11.6 Å². The molecule has 8 heteroatoms. The smallest absolute Gasteiger partial charge is 0.348 e. The standard InChI is InChI=1S/C12H16ClN5O2/c13-11-10(18(19)20)12(15-8-14-11)17-6-3-9(7-17)16-4-1-2-5-16/h8-9H,1-7H2. The van der Waals surface area contributed by atoms with E-state index in [0.29, 0.717) is 11.9 Å². The first-order valence-corrected chi connectivity index (χ1v) is 7.18. The van der Waals surface area contributed by atoms with Gasteiger partial charge >= 0.3 is 5.69 Å². The fourth-order valence-electron chi connectivity index (χ4n) is 3.08. The lowest BCUT2D eigenvalue weighted by Crippen LogP contribution is -2.35. The highest BCUT2D eigenvalue weighted by Gasteiger charge is 2.34. The Bertz CT molecular complexity index is 521. The quantitative estimate of drug-likeness (QED) is 0.480. The van der Waals surface area contributed by atoms with Gasteiger partial charge in [0.15, 0.2) is 0 Å². The van der Waals surface area contributed by atoms with Crippen molar-refractivity contribution >= 4 is 23.1 Å². The second kappa shape index (κ2) is 5.49. The van der Waals surface area contributed by atoms with Crippen molar-refractivity contribution < 1.29 is 4.92 Å². The Balaban J connectivity index is 1.80. The zero-order valence-electron chi connectivity index (χ0n) is 11.0. The number of hydrogen-bond donors (Lipinski definition) is 0. The lowest BCUT2D eigenvalue weighted by Gasteiger charge is -2.23. The minimum Gasteiger partial charge on any atom is -0.349 e. The second-order valence-electron chi connectivity index (χ2n) is 5.23. The minimum absolute atomic E-state index is 0.0929. The summed E-state index contributed by atoms with van der Waals surface area (Å²) in [6.45, 7) is 3.81. The minimum atomic E-state index is -0.499. The van der Waals surface area contributed by atoms with Gasteiger partial charge in [-0.15, -0.1) is 0 Å². The molecule has 3 heterocycles. The van der Waals surface area contributed by atoms with Gasteiger partial charge < -0.3 is 4.90 Å². The van der Waals surface area contributed by atoms with Crippen LogP contribution in [0.25, 0.3) is 0 Å². The molecule has 1 atom stereocenters. The first kappa shape index (κ1) is 13.5. The van der Waals surface area contributed by atoms with Crippen LogP contribution in [0.4, 0.5) is 11.5 Å². The Morgan fingerprint density at radius 3 is 2.75 bits per heavy atom. The topological polar surface area (TPSA) is 75.4 Å². The zero-order valence-corrected chi connectivity index (χ0v) is 11.8. The van der Waals surface area contributed by atoms with Crippen LogP contribution in [0, 0.1) is 10.1 Å². The Kier molecular flexibility index (Phi) is 3.71. The van der Waals surface area contributed by atoms with Crippen molar-refractivity contribution in [3.8, 4) is 0 Å². The first-order valence-electron chi connectivity index (χ1n) is 6.80. The average Bonchev–Trinajstić information content (AvgIpc) is 3.09. The summed E-state index contributed by atoms with van der Waals surface area (Å²) in [4.78, 5) is 22.8. The van der Waals surface area contributed by atoms with Crippen molar-refractivity contribution in [1.82, 2.24) is 14.9 Å². The molecule has 0 aliphatic carbocycles. The highest BCUT2D eigenvalue weighted by molar-refractivity contribution is 6.31. The molecule has 2 aliphatic rings. The molecule has 1 aromatic heterocycles. The third kappa shape index (κ3) is 2.43. The number of halogens is 1. The zero-order chi connectivity index (χ0) is 14.1. The fraction of sp³-hybridized carbons (Fsp3) is 0.667. The van der Waals surface area contributed by atoms with E-state index in [1.165, 1.54) is 19.2 Å². The highest BCUT2D eigenvalue weighted by Crippen LogP contribution is 2.34. The van der Waals surface area contributed by atoms with Crippen LogP contribution in [0.15, 0.2) is 6.33 Å². The van der Waals surface area contributed by atoms with Gasteiger partial charge in [0, 0.05) is 19.1 Å². The molecule has 1 unspecified atom stereocenters. The molecule has 2 fully saturated rings. The third-order valence-electron chi connectivity index (χ3n) is 4.06. The van der Waals surface area contributed by atoms with Crippen molar-refractivity contribution in [2.75, 3.05) is 31.1 Å². The molecule has 1 aromatic rings. The largest absolute Gasteiger partial charge is 0.349 e. The molecule has 0 aromatic carbocycles. The van der Waals surface area contributed by atoms with Gasteiger partial charge in [-0.05, 0) is 32.4 Å². The van der Waals surface area contributed by atoms with Crippen LogP contribution in [-0.4, -0.2) is 52.0 Å². The van der Waals surface area contributed by atoms with E-state index in [2.05, 4.69) is 14.9 Å². The summed E-state index contributed by atoms with van der Waals surface area (Å²) in [6.07, 6.45) is 4.79. The van der Waals surface area contributed by atoms with Gasteiger partial charge in [-0.2, -0.15) is 0 Å². The van der Waals surface area contributed by atoms with Gasteiger partial charge in [0.25, 0.3) is 0 Å². The molecule has 7 nitrogen and oxygen atoms in total. The SMILES string of the molecule is O=[N+]([O-])c1c(Cl)ncnc1N1CCC(N2CCCC2)C1. The summed E-state index contributed by atoms with van der Waals surface area (Å²) < 4.78 is 0. The third-order valence-corrected chi connectivity index (χ3v) is 4.34. The monoisotopic (exact) mass is 297 g/mol. The predicted molar refractivity (Wildman–Crippen MR) is 75.1 cm³/mol. The second-order valence-corrected chi connectivity index (χ2v) is 5.58. The van der Waals surface area contributed by atoms with Crippen LogP contribution >= 0.6 is 11.6 Å². The Morgan fingerprint density at radius 2 is 2.05 bits per heavy atom. The summed E-state index contributed by atoms with van der Waals surface area (Å²) in [6, 6.07) is 0.464. The van der Waals surface area contributed by atoms with Crippen molar-refractivity contribution in [3.63, 3.8) is 0 Å². The molecule has 3 rings (SSSR count). The van der Waals surface area contributed by atoms with E-state index in [1.807, 2.05) is 4.90 Å². The number of likely N-dealkylation sites (tertiary alicyclic amines) is 1. The van der Waals surface area contributed by atoms with Gasteiger partial charge in [-0.3, -0.25) is 15.0 Å². The number of anilines is 1. The van der Waals surface area contributed by atoms with Crippen LogP contribution in [0.1, 0.15) is 19.3 Å². The van der Waals surface area contributed by atoms with E-state index < -0.39 is 4.92 Å². The van der Waals surface area contributed by atoms with E-state index in [4.69, 9.17) is 11.6 Å². The molecule has 0 saturated carbocycles. The van der Waals surface area contributed by atoms with E-state index >= 15 is 0 Å². The van der Waals surface area contributed by atoms with Crippen LogP contribution in [0.3, 0.4) is 0 Å². The molecular weight excluding hydrogens is 282 g/mol. The summed E-state index contributed by atoms with van der Waals surface area (Å²) >= 11 is 5.84. The lowest BCUT2D eigenvalue weighted by atomic mass is 10.2. The first-order chi connectivity index (χ1) is 9.66. The Hall–Kier alpha value is -1.47. The number of rotatable bonds is 3. The van der Waals surface area contributed by atoms with Crippen LogP contribution < -0.4 is 4.90 Å². The van der Waals surface area contributed by atoms with Crippen LogP contribution in [0.5, 0.6) is 0 Å². The number of aromatic nitrogens is 2. The van der Waals surface area contributed by atoms with Crippen molar-refractivity contribution in [1.29, 1.82) is 0 Å². The average molecular weight is 298 g/mol. The van der Waals surface area contributed by atoms with Gasteiger partial charge in [0.05, 0.1) is 4.92 Å². The summed E-state index contributed by atoms with van der Waals surface area (Å²) in [5.74, 6) is 0.344. The molecule has 0 radical (unpaired) electrons.